The van der Waals surface area contributed by atoms with Crippen LogP contribution in [0.2, 0.25) is 0 Å². The lowest BCUT2D eigenvalue weighted by Crippen LogP contribution is -1.95. The topological polar surface area (TPSA) is 9.23 Å². The Kier molecular flexibility index (Phi) is 3.29. The molecule has 0 aromatic heterocycles. The Balaban J connectivity index is 2.58. The zero-order chi connectivity index (χ0) is 13.1. The first-order valence-corrected chi connectivity index (χ1v) is 5.26. The Morgan fingerprint density at radius 2 is 1.89 bits per heavy atom. The lowest BCUT2D eigenvalue weighted by molar-refractivity contribution is 0.372. The predicted molar refractivity (Wildman–Crippen MR) is 66.3 cm³/mol. The number of hydrogen-bond donors (Lipinski definition) is 0. The van der Waals surface area contributed by atoms with Crippen LogP contribution in [-0.2, 0) is 0 Å². The Labute approximate surface area is 104 Å². The fourth-order valence-electron chi connectivity index (χ4n) is 1.69. The number of hydrogen-bond acceptors (Lipinski definition) is 1. The average molecular weight is 244 g/mol. The van der Waals surface area contributed by atoms with Crippen LogP contribution >= 0.6 is 0 Å². The van der Waals surface area contributed by atoms with Gasteiger partial charge in [-0.3, -0.25) is 0 Å². The van der Waals surface area contributed by atoms with Gasteiger partial charge in [-0.05, 0) is 29.8 Å². The van der Waals surface area contributed by atoms with E-state index in [0.717, 1.165) is 0 Å². The second-order valence-corrected chi connectivity index (χ2v) is 3.67. The van der Waals surface area contributed by atoms with Crippen molar-refractivity contribution in [2.75, 3.05) is 7.11 Å². The molecule has 0 N–H and O–H groups in total. The maximum Gasteiger partial charge on any atom is 0.201 e. The number of benzene rings is 2. The Bertz CT molecular complexity index is 627. The van der Waals surface area contributed by atoms with Crippen molar-refractivity contribution < 1.29 is 13.5 Å². The Morgan fingerprint density at radius 3 is 2.56 bits per heavy atom. The van der Waals surface area contributed by atoms with Crippen molar-refractivity contribution >= 4 is 0 Å². The van der Waals surface area contributed by atoms with Crippen LogP contribution in [0.5, 0.6) is 5.75 Å². The highest BCUT2D eigenvalue weighted by atomic mass is 19.2. The summed E-state index contributed by atoms with van der Waals surface area (Å²) in [6.45, 7) is 0. The van der Waals surface area contributed by atoms with Crippen molar-refractivity contribution in [2.24, 2.45) is 0 Å². The molecule has 0 fully saturated rings. The molecule has 0 spiro atoms. The van der Waals surface area contributed by atoms with E-state index in [4.69, 9.17) is 11.2 Å². The maximum atomic E-state index is 13.9. The van der Waals surface area contributed by atoms with Gasteiger partial charge in [-0.25, -0.2) is 4.39 Å². The van der Waals surface area contributed by atoms with Gasteiger partial charge in [0, 0.05) is 11.1 Å². The van der Waals surface area contributed by atoms with Crippen molar-refractivity contribution in [1.82, 2.24) is 0 Å². The third-order valence-corrected chi connectivity index (χ3v) is 2.61. The highest BCUT2D eigenvalue weighted by Crippen LogP contribution is 2.29. The van der Waals surface area contributed by atoms with Gasteiger partial charge < -0.3 is 4.74 Å². The maximum absolute atomic E-state index is 13.9. The summed E-state index contributed by atoms with van der Waals surface area (Å²) in [4.78, 5) is 0. The van der Waals surface area contributed by atoms with Crippen LogP contribution in [0.4, 0.5) is 8.78 Å². The second-order valence-electron chi connectivity index (χ2n) is 3.67. The van der Waals surface area contributed by atoms with E-state index in [1.165, 1.54) is 19.2 Å². The molecule has 3 heteroatoms. The molecule has 0 aliphatic carbocycles. The summed E-state index contributed by atoms with van der Waals surface area (Å²) < 4.78 is 32.2. The van der Waals surface area contributed by atoms with Crippen LogP contribution < -0.4 is 4.74 Å². The largest absolute Gasteiger partial charge is 0.494 e. The molecule has 0 unspecified atom stereocenters. The fourth-order valence-corrected chi connectivity index (χ4v) is 1.69. The molecule has 2 aromatic rings. The molecule has 2 rings (SSSR count). The number of methoxy groups -OCH3 is 1. The first-order chi connectivity index (χ1) is 8.67. The summed E-state index contributed by atoms with van der Waals surface area (Å²) in [6.07, 6.45) is 5.27. The zero-order valence-corrected chi connectivity index (χ0v) is 9.71. The third kappa shape index (κ3) is 2.05. The molecular formula is C15H10F2O. The molecule has 0 saturated heterocycles. The van der Waals surface area contributed by atoms with Gasteiger partial charge in [0.1, 0.15) is 0 Å². The fraction of sp³-hybridized carbons (Fsp3) is 0.0667. The van der Waals surface area contributed by atoms with Crippen LogP contribution in [0.1, 0.15) is 5.56 Å². The molecule has 0 aliphatic rings. The van der Waals surface area contributed by atoms with Crippen molar-refractivity contribution in [3.05, 3.63) is 53.6 Å². The monoisotopic (exact) mass is 244 g/mol. The van der Waals surface area contributed by atoms with E-state index in [-0.39, 0.29) is 11.3 Å². The van der Waals surface area contributed by atoms with Gasteiger partial charge in [-0.15, -0.1) is 6.42 Å². The summed E-state index contributed by atoms with van der Waals surface area (Å²) in [5.41, 5.74) is 1.30. The van der Waals surface area contributed by atoms with E-state index in [9.17, 15) is 8.78 Å². The summed E-state index contributed by atoms with van der Waals surface area (Å²) >= 11 is 0. The molecule has 0 radical (unpaired) electrons. The molecule has 0 amide bonds. The van der Waals surface area contributed by atoms with Gasteiger partial charge in [0.05, 0.1) is 7.11 Å². The molecule has 90 valence electrons. The quantitative estimate of drug-likeness (QED) is 0.733. The first kappa shape index (κ1) is 12.1. The molecule has 0 saturated carbocycles. The first-order valence-electron chi connectivity index (χ1n) is 5.26. The predicted octanol–water partition coefficient (Wildman–Crippen LogP) is 3.62. The van der Waals surface area contributed by atoms with Gasteiger partial charge in [0.15, 0.2) is 11.6 Å². The molecule has 18 heavy (non-hydrogen) atoms. The minimum atomic E-state index is -0.999. The third-order valence-electron chi connectivity index (χ3n) is 2.61. The molecular weight excluding hydrogens is 234 g/mol. The van der Waals surface area contributed by atoms with E-state index in [2.05, 4.69) is 5.92 Å². The van der Waals surface area contributed by atoms with E-state index >= 15 is 0 Å². The van der Waals surface area contributed by atoms with Gasteiger partial charge in [0.25, 0.3) is 0 Å². The summed E-state index contributed by atoms with van der Waals surface area (Å²) in [7, 11) is 1.29. The number of terminal acetylenes is 1. The molecule has 0 bridgehead atoms. The minimum Gasteiger partial charge on any atom is -0.494 e. The van der Waals surface area contributed by atoms with Gasteiger partial charge in [-0.2, -0.15) is 4.39 Å². The van der Waals surface area contributed by atoms with Crippen molar-refractivity contribution in [3.8, 4) is 29.2 Å². The van der Waals surface area contributed by atoms with Crippen LogP contribution in [-0.4, -0.2) is 7.11 Å². The van der Waals surface area contributed by atoms with Crippen LogP contribution in [0.15, 0.2) is 36.4 Å². The van der Waals surface area contributed by atoms with Gasteiger partial charge in [0.2, 0.25) is 5.82 Å². The smallest absolute Gasteiger partial charge is 0.201 e. The van der Waals surface area contributed by atoms with Crippen molar-refractivity contribution in [1.29, 1.82) is 0 Å². The van der Waals surface area contributed by atoms with Crippen molar-refractivity contribution in [3.63, 3.8) is 0 Å². The highest BCUT2D eigenvalue weighted by Gasteiger charge is 2.15. The Morgan fingerprint density at radius 1 is 1.11 bits per heavy atom. The van der Waals surface area contributed by atoms with E-state index < -0.39 is 11.6 Å². The van der Waals surface area contributed by atoms with Crippen LogP contribution in [0.25, 0.3) is 11.1 Å². The molecule has 1 nitrogen and oxygen atoms in total. The SMILES string of the molecule is C#Cc1cccc(-c2ccc(OC)c(F)c2F)c1. The highest BCUT2D eigenvalue weighted by molar-refractivity contribution is 5.67. The lowest BCUT2D eigenvalue weighted by atomic mass is 10.0. The standard InChI is InChI=1S/C15H10F2O/c1-3-10-5-4-6-11(9-10)12-7-8-13(18-2)15(17)14(12)16/h1,4-9H,2H3. The van der Waals surface area contributed by atoms with E-state index in [0.29, 0.717) is 11.1 Å². The van der Waals surface area contributed by atoms with Crippen molar-refractivity contribution in [2.45, 2.75) is 0 Å². The number of ether oxygens (including phenoxy) is 1. The van der Waals surface area contributed by atoms with Crippen LogP contribution in [0, 0.1) is 24.0 Å². The summed E-state index contributed by atoms with van der Waals surface area (Å²) in [5, 5.41) is 0. The number of rotatable bonds is 2. The van der Waals surface area contributed by atoms with Crippen LogP contribution in [0.3, 0.4) is 0 Å². The molecule has 0 atom stereocenters. The minimum absolute atomic E-state index is 0.121. The summed E-state index contributed by atoms with van der Waals surface area (Å²) in [5.74, 6) is 0.392. The summed E-state index contributed by atoms with van der Waals surface area (Å²) in [6, 6.07) is 9.58. The molecule has 0 heterocycles. The second kappa shape index (κ2) is 4.89. The van der Waals surface area contributed by atoms with E-state index in [1.807, 2.05) is 0 Å². The normalized spacial score (nSPS) is 9.89. The van der Waals surface area contributed by atoms with E-state index in [1.54, 1.807) is 24.3 Å². The van der Waals surface area contributed by atoms with Gasteiger partial charge in [-0.1, -0.05) is 18.1 Å². The zero-order valence-electron chi connectivity index (χ0n) is 9.71. The number of halogens is 2. The Hall–Kier alpha value is -2.34. The van der Waals surface area contributed by atoms with Gasteiger partial charge >= 0.3 is 0 Å². The average Bonchev–Trinajstić information content (AvgIpc) is 2.42. The molecule has 0 aliphatic heterocycles. The molecule has 2 aromatic carbocycles. The lowest BCUT2D eigenvalue weighted by Gasteiger charge is -2.08.